The van der Waals surface area contributed by atoms with E-state index >= 15 is 0 Å². The van der Waals surface area contributed by atoms with Gasteiger partial charge in [-0.05, 0) is 31.2 Å². The van der Waals surface area contributed by atoms with E-state index in [9.17, 15) is 5.11 Å². The van der Waals surface area contributed by atoms with Crippen LogP contribution in [0, 0.1) is 6.92 Å². The lowest BCUT2D eigenvalue weighted by Crippen LogP contribution is -2.26. The fourth-order valence-corrected chi connectivity index (χ4v) is 2.90. The number of fused-ring (bicyclic) bond motifs is 2. The van der Waals surface area contributed by atoms with Crippen LogP contribution in [0.4, 0.5) is 5.69 Å². The predicted octanol–water partition coefficient (Wildman–Crippen LogP) is 3.12. The molecule has 1 aliphatic heterocycles. The first-order valence-corrected chi connectivity index (χ1v) is 8.50. The molecule has 1 unspecified atom stereocenters. The largest absolute Gasteiger partial charge is 0.491 e. The number of para-hydroxylation sites is 1. The molecule has 0 fully saturated rings. The first kappa shape index (κ1) is 16.5. The Bertz CT molecular complexity index is 929. The third kappa shape index (κ3) is 3.50. The number of anilines is 1. The van der Waals surface area contributed by atoms with Gasteiger partial charge in [0.2, 0.25) is 6.79 Å². The van der Waals surface area contributed by atoms with Gasteiger partial charge in [-0.2, -0.15) is 0 Å². The first-order valence-electron chi connectivity index (χ1n) is 8.50. The molecule has 1 aliphatic rings. The molecule has 0 bridgehead atoms. The summed E-state index contributed by atoms with van der Waals surface area (Å²) in [5, 5.41) is 14.6. The van der Waals surface area contributed by atoms with Crippen molar-refractivity contribution in [1.29, 1.82) is 0 Å². The van der Waals surface area contributed by atoms with Crippen molar-refractivity contribution in [1.82, 2.24) is 4.98 Å². The first-order chi connectivity index (χ1) is 12.7. The van der Waals surface area contributed by atoms with Crippen LogP contribution < -0.4 is 19.5 Å². The van der Waals surface area contributed by atoms with Crippen molar-refractivity contribution in [2.45, 2.75) is 13.0 Å². The molecule has 6 nitrogen and oxygen atoms in total. The highest BCUT2D eigenvalue weighted by atomic mass is 16.7. The van der Waals surface area contributed by atoms with Crippen molar-refractivity contribution in [2.75, 3.05) is 25.3 Å². The number of nitrogens with one attached hydrogen (secondary N) is 1. The maximum absolute atomic E-state index is 10.2. The number of hydrogen-bond donors (Lipinski definition) is 2. The molecular weight excluding hydrogens is 332 g/mol. The quantitative estimate of drug-likeness (QED) is 0.710. The van der Waals surface area contributed by atoms with Crippen molar-refractivity contribution in [3.05, 3.63) is 54.2 Å². The van der Waals surface area contributed by atoms with Gasteiger partial charge in [0.25, 0.3) is 0 Å². The lowest BCUT2D eigenvalue weighted by Gasteiger charge is -2.16. The minimum absolute atomic E-state index is 0.175. The molecule has 26 heavy (non-hydrogen) atoms. The summed E-state index contributed by atoms with van der Waals surface area (Å²) in [4.78, 5) is 4.52. The topological polar surface area (TPSA) is 72.8 Å². The summed E-state index contributed by atoms with van der Waals surface area (Å²) in [5.41, 5.74) is 2.81. The van der Waals surface area contributed by atoms with Gasteiger partial charge in [0.15, 0.2) is 11.5 Å². The number of aliphatic hydroxyl groups excluding tert-OH is 1. The van der Waals surface area contributed by atoms with Crippen LogP contribution in [0.5, 0.6) is 17.2 Å². The smallest absolute Gasteiger partial charge is 0.231 e. The van der Waals surface area contributed by atoms with Crippen LogP contribution in [0.15, 0.2) is 48.5 Å². The maximum Gasteiger partial charge on any atom is 0.231 e. The van der Waals surface area contributed by atoms with E-state index in [0.717, 1.165) is 22.3 Å². The van der Waals surface area contributed by atoms with Gasteiger partial charge in [0.05, 0.1) is 5.52 Å². The van der Waals surface area contributed by atoms with Gasteiger partial charge in [0.1, 0.15) is 18.5 Å². The zero-order valence-electron chi connectivity index (χ0n) is 14.4. The van der Waals surface area contributed by atoms with Gasteiger partial charge in [0, 0.05) is 29.4 Å². The fourth-order valence-electron chi connectivity index (χ4n) is 2.90. The lowest BCUT2D eigenvalue weighted by molar-refractivity contribution is 0.117. The van der Waals surface area contributed by atoms with Crippen molar-refractivity contribution in [3.63, 3.8) is 0 Å². The van der Waals surface area contributed by atoms with Gasteiger partial charge in [-0.1, -0.05) is 18.2 Å². The minimum atomic E-state index is -0.660. The Balaban J connectivity index is 1.36. The van der Waals surface area contributed by atoms with Crippen LogP contribution in [0.3, 0.4) is 0 Å². The molecule has 1 aromatic heterocycles. The van der Waals surface area contributed by atoms with Crippen LogP contribution in [0.2, 0.25) is 0 Å². The average Bonchev–Trinajstić information content (AvgIpc) is 3.12. The van der Waals surface area contributed by atoms with E-state index in [4.69, 9.17) is 14.2 Å². The van der Waals surface area contributed by atoms with Crippen LogP contribution in [-0.2, 0) is 0 Å². The van der Waals surface area contributed by atoms with Crippen molar-refractivity contribution in [2.24, 2.45) is 0 Å². The molecule has 0 aliphatic carbocycles. The van der Waals surface area contributed by atoms with Crippen LogP contribution in [0.25, 0.3) is 10.9 Å². The Morgan fingerprint density at radius 1 is 1.15 bits per heavy atom. The monoisotopic (exact) mass is 352 g/mol. The number of rotatable bonds is 6. The lowest BCUT2D eigenvalue weighted by atomic mass is 10.1. The molecule has 134 valence electrons. The molecule has 0 saturated heterocycles. The number of aryl methyl sites for hydroxylation is 1. The third-order valence-electron chi connectivity index (χ3n) is 4.16. The summed E-state index contributed by atoms with van der Waals surface area (Å²) in [6, 6.07) is 15.3. The third-order valence-corrected chi connectivity index (χ3v) is 4.16. The number of aliphatic hydroxyl groups is 1. The van der Waals surface area contributed by atoms with Gasteiger partial charge < -0.3 is 24.6 Å². The van der Waals surface area contributed by atoms with E-state index in [-0.39, 0.29) is 13.4 Å². The number of pyridine rings is 1. The Hall–Kier alpha value is -2.99. The van der Waals surface area contributed by atoms with Gasteiger partial charge >= 0.3 is 0 Å². The van der Waals surface area contributed by atoms with Gasteiger partial charge in [-0.3, -0.25) is 4.98 Å². The van der Waals surface area contributed by atoms with E-state index in [0.29, 0.717) is 23.8 Å². The Labute approximate surface area is 151 Å². The normalized spacial score (nSPS) is 13.6. The highest BCUT2D eigenvalue weighted by Crippen LogP contribution is 2.35. The summed E-state index contributed by atoms with van der Waals surface area (Å²) in [5.74, 6) is 2.01. The highest BCUT2D eigenvalue weighted by Gasteiger charge is 2.14. The molecule has 2 aromatic carbocycles. The molecule has 0 radical (unpaired) electrons. The highest BCUT2D eigenvalue weighted by molar-refractivity contribution is 5.91. The molecule has 4 rings (SSSR count). The van der Waals surface area contributed by atoms with E-state index in [1.807, 2.05) is 37.3 Å². The van der Waals surface area contributed by atoms with Crippen molar-refractivity contribution < 1.29 is 19.3 Å². The molecule has 2 heterocycles. The van der Waals surface area contributed by atoms with Crippen LogP contribution in [-0.4, -0.2) is 36.1 Å². The van der Waals surface area contributed by atoms with E-state index in [2.05, 4.69) is 10.3 Å². The van der Waals surface area contributed by atoms with Crippen LogP contribution >= 0.6 is 0 Å². The second-order valence-electron chi connectivity index (χ2n) is 6.19. The van der Waals surface area contributed by atoms with Crippen molar-refractivity contribution in [3.8, 4) is 17.2 Å². The predicted molar refractivity (Wildman–Crippen MR) is 99.0 cm³/mol. The molecule has 3 aromatic rings. The summed E-state index contributed by atoms with van der Waals surface area (Å²) in [6.07, 6.45) is -0.660. The zero-order valence-corrected chi connectivity index (χ0v) is 14.4. The summed E-state index contributed by atoms with van der Waals surface area (Å²) < 4.78 is 16.2. The molecule has 6 heteroatoms. The number of aromatic nitrogens is 1. The minimum Gasteiger partial charge on any atom is -0.491 e. The van der Waals surface area contributed by atoms with Crippen LogP contribution in [0.1, 0.15) is 5.69 Å². The van der Waals surface area contributed by atoms with Gasteiger partial charge in [-0.25, -0.2) is 0 Å². The Morgan fingerprint density at radius 2 is 2.00 bits per heavy atom. The second-order valence-corrected chi connectivity index (χ2v) is 6.19. The van der Waals surface area contributed by atoms with E-state index in [1.165, 1.54) is 0 Å². The van der Waals surface area contributed by atoms with Gasteiger partial charge in [-0.15, -0.1) is 0 Å². The molecule has 1 atom stereocenters. The average molecular weight is 352 g/mol. The standard InChI is InChI=1S/C20H20N2O4/c1-13-8-18(16-4-2-3-5-17(16)22-13)21-10-14(23)11-24-15-6-7-19-20(9-15)26-12-25-19/h2-9,14,23H,10-12H2,1H3,(H,21,22). The molecule has 0 amide bonds. The second kappa shape index (κ2) is 7.09. The SMILES string of the molecule is Cc1cc(NCC(O)COc2ccc3c(c2)OCO3)c2ccccc2n1. The van der Waals surface area contributed by atoms with E-state index in [1.54, 1.807) is 18.2 Å². The molecule has 0 spiro atoms. The molecule has 2 N–H and O–H groups in total. The number of nitrogens with zero attached hydrogens (tertiary/aromatic N) is 1. The number of ether oxygens (including phenoxy) is 3. The van der Waals surface area contributed by atoms with E-state index < -0.39 is 6.10 Å². The number of hydrogen-bond acceptors (Lipinski definition) is 6. The molecule has 0 saturated carbocycles. The summed E-state index contributed by atoms with van der Waals surface area (Å²) in [6.45, 7) is 2.73. The summed E-state index contributed by atoms with van der Waals surface area (Å²) in [7, 11) is 0. The zero-order chi connectivity index (χ0) is 17.9. The molecular formula is C20H20N2O4. The Morgan fingerprint density at radius 3 is 2.92 bits per heavy atom. The number of benzene rings is 2. The summed E-state index contributed by atoms with van der Waals surface area (Å²) >= 11 is 0. The Kier molecular flexibility index (Phi) is 4.50. The van der Waals surface area contributed by atoms with Crippen molar-refractivity contribution >= 4 is 16.6 Å². The maximum atomic E-state index is 10.2. The fraction of sp³-hybridized carbons (Fsp3) is 0.250.